The van der Waals surface area contributed by atoms with Gasteiger partial charge >= 0.3 is 0 Å². The molecule has 0 radical (unpaired) electrons. The molecule has 14 heavy (non-hydrogen) atoms. The van der Waals surface area contributed by atoms with Crippen LogP contribution in [0.2, 0.25) is 0 Å². The summed E-state index contributed by atoms with van der Waals surface area (Å²) < 4.78 is 18.7. The molecule has 0 atom stereocenters. The Morgan fingerprint density at radius 1 is 1.57 bits per heavy atom. The summed E-state index contributed by atoms with van der Waals surface area (Å²) in [4.78, 5) is 1.97. The number of ether oxygens (including phenoxy) is 1. The third-order valence-electron chi connectivity index (χ3n) is 2.56. The van der Waals surface area contributed by atoms with Crippen LogP contribution < -0.4 is 15.4 Å². The first kappa shape index (κ1) is 9.12. The molecule has 1 aliphatic rings. The quantitative estimate of drug-likeness (QED) is 0.640. The van der Waals surface area contributed by atoms with Crippen molar-refractivity contribution >= 4 is 11.4 Å². The first-order valence-electron chi connectivity index (χ1n) is 4.53. The zero-order valence-electron chi connectivity index (χ0n) is 8.30. The zero-order valence-corrected chi connectivity index (χ0v) is 8.30. The number of nitrogens with zero attached hydrogens (tertiary/aromatic N) is 1. The summed E-state index contributed by atoms with van der Waals surface area (Å²) >= 11 is 0. The van der Waals surface area contributed by atoms with Gasteiger partial charge in [-0.15, -0.1) is 0 Å². The molecule has 0 bridgehead atoms. The van der Waals surface area contributed by atoms with E-state index in [0.29, 0.717) is 18.0 Å². The molecule has 0 amide bonds. The van der Waals surface area contributed by atoms with Gasteiger partial charge in [-0.2, -0.15) is 0 Å². The van der Waals surface area contributed by atoms with Crippen molar-refractivity contribution in [1.29, 1.82) is 0 Å². The smallest absolute Gasteiger partial charge is 0.178 e. The summed E-state index contributed by atoms with van der Waals surface area (Å²) in [6.45, 7) is 3.15. The van der Waals surface area contributed by atoms with E-state index in [1.165, 1.54) is 6.07 Å². The van der Waals surface area contributed by atoms with Gasteiger partial charge in [-0.05, 0) is 12.5 Å². The lowest BCUT2D eigenvalue weighted by Gasteiger charge is -2.30. The highest BCUT2D eigenvalue weighted by Gasteiger charge is 2.22. The van der Waals surface area contributed by atoms with Gasteiger partial charge in [-0.3, -0.25) is 0 Å². The van der Waals surface area contributed by atoms with E-state index >= 15 is 0 Å². The van der Waals surface area contributed by atoms with Crippen LogP contribution >= 0.6 is 0 Å². The maximum atomic E-state index is 13.5. The third kappa shape index (κ3) is 1.18. The number of halogens is 1. The Bertz CT molecular complexity index is 379. The highest BCUT2D eigenvalue weighted by atomic mass is 19.1. The average Bonchev–Trinajstić information content (AvgIpc) is 2.14. The molecule has 1 aromatic rings. The number of nitrogen functional groups attached to an aromatic ring is 1. The van der Waals surface area contributed by atoms with E-state index in [9.17, 15) is 4.39 Å². The van der Waals surface area contributed by atoms with E-state index in [-0.39, 0.29) is 5.82 Å². The Balaban J connectivity index is 2.67. The molecule has 0 saturated heterocycles. The van der Waals surface area contributed by atoms with E-state index in [0.717, 1.165) is 17.8 Å². The summed E-state index contributed by atoms with van der Waals surface area (Å²) in [5, 5.41) is 0. The first-order chi connectivity index (χ1) is 6.61. The number of hydrogen-bond donors (Lipinski definition) is 1. The zero-order chi connectivity index (χ0) is 10.3. The number of hydrogen-bond acceptors (Lipinski definition) is 3. The van der Waals surface area contributed by atoms with E-state index in [1.54, 1.807) is 0 Å². The molecule has 1 aliphatic heterocycles. The summed E-state index contributed by atoms with van der Waals surface area (Å²) in [5.74, 6) is -0.0555. The minimum atomic E-state index is -0.380. The maximum absolute atomic E-state index is 13.5. The monoisotopic (exact) mass is 196 g/mol. The molecule has 3 nitrogen and oxygen atoms in total. The molecule has 0 aliphatic carbocycles. The van der Waals surface area contributed by atoms with Gasteiger partial charge in [0, 0.05) is 18.8 Å². The minimum absolute atomic E-state index is 0.324. The van der Waals surface area contributed by atoms with Crippen LogP contribution in [0.25, 0.3) is 0 Å². The van der Waals surface area contributed by atoms with E-state index in [2.05, 4.69) is 0 Å². The number of fused-ring (bicyclic) bond motifs is 1. The Morgan fingerprint density at radius 2 is 2.29 bits per heavy atom. The second-order valence-corrected chi connectivity index (χ2v) is 3.52. The van der Waals surface area contributed by atoms with Crippen LogP contribution in [0.3, 0.4) is 0 Å². The largest absolute Gasteiger partial charge is 0.486 e. The van der Waals surface area contributed by atoms with E-state index < -0.39 is 0 Å². The summed E-state index contributed by atoms with van der Waals surface area (Å²) in [7, 11) is 1.91. The fourth-order valence-corrected chi connectivity index (χ4v) is 1.72. The second-order valence-electron chi connectivity index (χ2n) is 3.52. The van der Waals surface area contributed by atoms with Gasteiger partial charge in [0.1, 0.15) is 6.61 Å². The topological polar surface area (TPSA) is 38.5 Å². The van der Waals surface area contributed by atoms with Crippen molar-refractivity contribution in [2.24, 2.45) is 0 Å². The average molecular weight is 196 g/mol. The van der Waals surface area contributed by atoms with Crippen molar-refractivity contribution in [2.75, 3.05) is 30.8 Å². The van der Waals surface area contributed by atoms with Crippen molar-refractivity contribution in [3.05, 3.63) is 17.4 Å². The molecule has 0 unspecified atom stereocenters. The minimum Gasteiger partial charge on any atom is -0.486 e. The molecule has 4 heteroatoms. The van der Waals surface area contributed by atoms with Gasteiger partial charge in [0.05, 0.1) is 12.2 Å². The van der Waals surface area contributed by atoms with Crippen LogP contribution in [-0.2, 0) is 0 Å². The maximum Gasteiger partial charge on any atom is 0.178 e. The molecule has 0 saturated carbocycles. The molecule has 0 aromatic heterocycles. The number of anilines is 2. The van der Waals surface area contributed by atoms with Crippen molar-refractivity contribution < 1.29 is 9.13 Å². The molecule has 0 fully saturated rings. The molecule has 2 N–H and O–H groups in total. The van der Waals surface area contributed by atoms with Crippen molar-refractivity contribution in [2.45, 2.75) is 6.92 Å². The first-order valence-corrected chi connectivity index (χ1v) is 4.53. The normalized spacial score (nSPS) is 14.9. The van der Waals surface area contributed by atoms with Crippen LogP contribution in [0, 0.1) is 12.7 Å². The Hall–Kier alpha value is -1.45. The SMILES string of the molecule is Cc1c(N)cc(F)c2c1N(C)CCO2. The third-order valence-corrected chi connectivity index (χ3v) is 2.56. The highest BCUT2D eigenvalue weighted by molar-refractivity contribution is 5.72. The molecular formula is C10H13FN2O. The Labute approximate surface area is 82.3 Å². The second kappa shape index (κ2) is 3.04. The van der Waals surface area contributed by atoms with Crippen LogP contribution in [0.4, 0.5) is 15.8 Å². The lowest BCUT2D eigenvalue weighted by Crippen LogP contribution is -2.30. The van der Waals surface area contributed by atoms with E-state index in [4.69, 9.17) is 10.5 Å². The Kier molecular flexibility index (Phi) is 1.98. The molecular weight excluding hydrogens is 183 g/mol. The Morgan fingerprint density at radius 3 is 3.00 bits per heavy atom. The summed E-state index contributed by atoms with van der Waals surface area (Å²) in [6, 6.07) is 1.31. The van der Waals surface area contributed by atoms with Crippen LogP contribution in [0.5, 0.6) is 5.75 Å². The molecule has 1 aromatic carbocycles. The summed E-state index contributed by atoms with van der Waals surface area (Å²) in [5.41, 5.74) is 7.81. The predicted molar refractivity (Wildman–Crippen MR) is 54.3 cm³/mol. The van der Waals surface area contributed by atoms with Crippen molar-refractivity contribution in [3.63, 3.8) is 0 Å². The molecule has 0 spiro atoms. The predicted octanol–water partition coefficient (Wildman–Crippen LogP) is 1.54. The molecule has 76 valence electrons. The lowest BCUT2D eigenvalue weighted by atomic mass is 10.1. The van der Waals surface area contributed by atoms with Gasteiger partial charge in [0.15, 0.2) is 11.6 Å². The van der Waals surface area contributed by atoms with Crippen LogP contribution in [0.1, 0.15) is 5.56 Å². The number of likely N-dealkylation sites (N-methyl/N-ethyl adjacent to an activating group) is 1. The highest BCUT2D eigenvalue weighted by Crippen LogP contribution is 2.39. The van der Waals surface area contributed by atoms with Gasteiger partial charge in [0.2, 0.25) is 0 Å². The number of rotatable bonds is 0. The lowest BCUT2D eigenvalue weighted by molar-refractivity contribution is 0.295. The van der Waals surface area contributed by atoms with Crippen molar-refractivity contribution in [3.8, 4) is 5.75 Å². The van der Waals surface area contributed by atoms with Gasteiger partial charge in [-0.25, -0.2) is 4.39 Å². The number of nitrogens with two attached hydrogens (primary N) is 1. The van der Waals surface area contributed by atoms with Gasteiger partial charge in [0.25, 0.3) is 0 Å². The van der Waals surface area contributed by atoms with Gasteiger partial charge in [-0.1, -0.05) is 0 Å². The van der Waals surface area contributed by atoms with Gasteiger partial charge < -0.3 is 15.4 Å². The van der Waals surface area contributed by atoms with Crippen LogP contribution in [-0.4, -0.2) is 20.2 Å². The van der Waals surface area contributed by atoms with Crippen molar-refractivity contribution in [1.82, 2.24) is 0 Å². The summed E-state index contributed by atoms with van der Waals surface area (Å²) in [6.07, 6.45) is 0. The standard InChI is InChI=1S/C10H13FN2O/c1-6-8(12)5-7(11)10-9(6)13(2)3-4-14-10/h5H,3-4,12H2,1-2H3. The molecule has 2 rings (SSSR count). The fraction of sp³-hybridized carbons (Fsp3) is 0.400. The van der Waals surface area contributed by atoms with E-state index in [1.807, 2.05) is 18.9 Å². The van der Waals surface area contributed by atoms with Crippen LogP contribution in [0.15, 0.2) is 6.07 Å². The molecule has 1 heterocycles. The number of benzene rings is 1. The fourth-order valence-electron chi connectivity index (χ4n) is 1.72.